The Morgan fingerprint density at radius 2 is 1.93 bits per heavy atom. The van der Waals surface area contributed by atoms with Crippen LogP contribution in [0.2, 0.25) is 15.1 Å². The van der Waals surface area contributed by atoms with Gasteiger partial charge >= 0.3 is 0 Å². The van der Waals surface area contributed by atoms with Crippen LogP contribution in [0.5, 0.6) is 5.75 Å². The number of halogens is 3. The van der Waals surface area contributed by atoms with Crippen LogP contribution in [-0.4, -0.2) is 18.7 Å². The van der Waals surface area contributed by atoms with E-state index >= 15 is 0 Å². The van der Waals surface area contributed by atoms with Gasteiger partial charge in [-0.25, -0.2) is 5.43 Å². The minimum Gasteiger partial charge on any atom is -0.483 e. The van der Waals surface area contributed by atoms with Crippen LogP contribution < -0.4 is 10.2 Å². The fraction of sp³-hybridized carbons (Fsp3) is 0.100. The molecule has 1 heterocycles. The van der Waals surface area contributed by atoms with E-state index in [4.69, 9.17) is 44.0 Å². The summed E-state index contributed by atoms with van der Waals surface area (Å²) in [5.41, 5.74) is 4.00. The first kappa shape index (κ1) is 20.3. The summed E-state index contributed by atoms with van der Waals surface area (Å²) in [6.07, 6.45) is 1.40. The Labute approximate surface area is 176 Å². The van der Waals surface area contributed by atoms with Crippen molar-refractivity contribution in [3.05, 3.63) is 74.9 Å². The number of hydrogen-bond donors (Lipinski definition) is 1. The van der Waals surface area contributed by atoms with Crippen LogP contribution >= 0.6 is 34.8 Å². The first-order valence-electron chi connectivity index (χ1n) is 8.18. The van der Waals surface area contributed by atoms with Crippen molar-refractivity contribution in [2.24, 2.45) is 5.10 Å². The molecule has 3 rings (SSSR count). The maximum absolute atomic E-state index is 11.8. The smallest absolute Gasteiger partial charge is 0.277 e. The summed E-state index contributed by atoms with van der Waals surface area (Å²) in [5, 5.41) is 5.38. The molecule has 1 N–H and O–H groups in total. The summed E-state index contributed by atoms with van der Waals surface area (Å²) in [6, 6.07) is 13.9. The standard InChI is InChI=1S/C20H15Cl3N2O3/c1-12-8-14(21)3-6-18(12)27-11-20(26)25-24-10-15-4-7-19(28-15)13-2-5-16(22)17(23)9-13/h2-10H,11H2,1H3,(H,25,26)/b24-10+. The number of carbonyl (C=O) groups is 1. The van der Waals surface area contributed by atoms with Gasteiger partial charge in [0, 0.05) is 10.6 Å². The Bertz CT molecular complexity index is 1030. The molecule has 1 aromatic heterocycles. The lowest BCUT2D eigenvalue weighted by Crippen LogP contribution is -2.24. The van der Waals surface area contributed by atoms with Gasteiger partial charge in [-0.1, -0.05) is 34.8 Å². The van der Waals surface area contributed by atoms with Gasteiger partial charge in [0.25, 0.3) is 5.91 Å². The fourth-order valence-corrected chi connectivity index (χ4v) is 2.87. The van der Waals surface area contributed by atoms with Crippen LogP contribution in [-0.2, 0) is 4.79 Å². The van der Waals surface area contributed by atoms with Gasteiger partial charge in [0.1, 0.15) is 17.3 Å². The largest absolute Gasteiger partial charge is 0.483 e. The highest BCUT2D eigenvalue weighted by Gasteiger charge is 2.07. The van der Waals surface area contributed by atoms with E-state index < -0.39 is 5.91 Å². The molecule has 144 valence electrons. The van der Waals surface area contributed by atoms with Crippen molar-refractivity contribution in [3.63, 3.8) is 0 Å². The number of carbonyl (C=O) groups excluding carboxylic acids is 1. The van der Waals surface area contributed by atoms with Crippen molar-refractivity contribution >= 4 is 46.9 Å². The zero-order chi connectivity index (χ0) is 20.1. The first-order chi connectivity index (χ1) is 13.4. The molecule has 28 heavy (non-hydrogen) atoms. The first-order valence-corrected chi connectivity index (χ1v) is 9.32. The summed E-state index contributed by atoms with van der Waals surface area (Å²) < 4.78 is 11.1. The average Bonchev–Trinajstić information content (AvgIpc) is 3.12. The van der Waals surface area contributed by atoms with Crippen molar-refractivity contribution < 1.29 is 13.9 Å². The Hall–Kier alpha value is -2.47. The fourth-order valence-electron chi connectivity index (χ4n) is 2.34. The molecule has 2 aromatic carbocycles. The normalized spacial score (nSPS) is 11.0. The Balaban J connectivity index is 1.53. The molecule has 0 aliphatic heterocycles. The lowest BCUT2D eigenvalue weighted by atomic mass is 10.2. The molecule has 0 radical (unpaired) electrons. The second-order valence-electron chi connectivity index (χ2n) is 5.82. The number of nitrogens with zero attached hydrogens (tertiary/aromatic N) is 1. The quantitative estimate of drug-likeness (QED) is 0.395. The van der Waals surface area contributed by atoms with E-state index in [1.165, 1.54) is 6.21 Å². The molecule has 3 aromatic rings. The average molecular weight is 438 g/mol. The van der Waals surface area contributed by atoms with Crippen molar-refractivity contribution in [1.29, 1.82) is 0 Å². The molecular weight excluding hydrogens is 423 g/mol. The van der Waals surface area contributed by atoms with Gasteiger partial charge in [-0.2, -0.15) is 5.10 Å². The van der Waals surface area contributed by atoms with Gasteiger partial charge in [0.15, 0.2) is 6.61 Å². The maximum atomic E-state index is 11.8. The topological polar surface area (TPSA) is 63.8 Å². The lowest BCUT2D eigenvalue weighted by Gasteiger charge is -2.08. The molecule has 0 unspecified atom stereocenters. The van der Waals surface area contributed by atoms with Gasteiger partial charge in [-0.05, 0) is 61.0 Å². The predicted octanol–water partition coefficient (Wildman–Crippen LogP) is 5.74. The third-order valence-corrected chi connectivity index (χ3v) is 4.68. The van der Waals surface area contributed by atoms with Gasteiger partial charge in [0.05, 0.1) is 16.3 Å². The molecule has 0 saturated heterocycles. The van der Waals surface area contributed by atoms with E-state index in [0.717, 1.165) is 11.1 Å². The maximum Gasteiger partial charge on any atom is 0.277 e. The predicted molar refractivity (Wildman–Crippen MR) is 112 cm³/mol. The number of aryl methyl sites for hydroxylation is 1. The van der Waals surface area contributed by atoms with Crippen LogP contribution in [0, 0.1) is 6.92 Å². The minimum atomic E-state index is -0.401. The molecule has 0 aliphatic rings. The highest BCUT2D eigenvalue weighted by Crippen LogP contribution is 2.29. The van der Waals surface area contributed by atoms with Crippen LogP contribution in [0.3, 0.4) is 0 Å². The van der Waals surface area contributed by atoms with Crippen LogP contribution in [0.4, 0.5) is 0 Å². The van der Waals surface area contributed by atoms with E-state index in [1.807, 2.05) is 6.92 Å². The summed E-state index contributed by atoms with van der Waals surface area (Å²) in [7, 11) is 0. The molecular formula is C20H15Cl3N2O3. The SMILES string of the molecule is Cc1cc(Cl)ccc1OCC(=O)N/N=C/c1ccc(-c2ccc(Cl)c(Cl)c2)o1. The molecule has 1 amide bonds. The minimum absolute atomic E-state index is 0.174. The number of benzene rings is 2. The highest BCUT2D eigenvalue weighted by molar-refractivity contribution is 6.42. The van der Waals surface area contributed by atoms with E-state index in [1.54, 1.807) is 48.5 Å². The van der Waals surface area contributed by atoms with Gasteiger partial charge in [-0.3, -0.25) is 4.79 Å². The van der Waals surface area contributed by atoms with E-state index in [0.29, 0.717) is 32.3 Å². The van der Waals surface area contributed by atoms with E-state index in [2.05, 4.69) is 10.5 Å². The van der Waals surface area contributed by atoms with Gasteiger partial charge in [-0.15, -0.1) is 0 Å². The van der Waals surface area contributed by atoms with Crippen LogP contribution in [0.25, 0.3) is 11.3 Å². The molecule has 0 spiro atoms. The number of nitrogens with one attached hydrogen (secondary N) is 1. The molecule has 5 nitrogen and oxygen atoms in total. The van der Waals surface area contributed by atoms with Crippen molar-refractivity contribution in [1.82, 2.24) is 5.43 Å². The Morgan fingerprint density at radius 3 is 2.68 bits per heavy atom. The number of furan rings is 1. The second kappa shape index (κ2) is 9.15. The zero-order valence-electron chi connectivity index (χ0n) is 14.7. The Morgan fingerprint density at radius 1 is 1.11 bits per heavy atom. The summed E-state index contributed by atoms with van der Waals surface area (Å²) in [6.45, 7) is 1.67. The van der Waals surface area contributed by atoms with Crippen LogP contribution in [0.15, 0.2) is 58.0 Å². The van der Waals surface area contributed by atoms with E-state index in [9.17, 15) is 4.79 Å². The molecule has 0 atom stereocenters. The van der Waals surface area contributed by atoms with E-state index in [-0.39, 0.29) is 6.61 Å². The second-order valence-corrected chi connectivity index (χ2v) is 7.07. The molecule has 0 aliphatic carbocycles. The van der Waals surface area contributed by atoms with Crippen molar-refractivity contribution in [3.8, 4) is 17.1 Å². The summed E-state index contributed by atoms with van der Waals surface area (Å²) in [5.74, 6) is 1.26. The molecule has 0 saturated carbocycles. The molecule has 8 heteroatoms. The monoisotopic (exact) mass is 436 g/mol. The van der Waals surface area contributed by atoms with Crippen molar-refractivity contribution in [2.75, 3.05) is 6.61 Å². The van der Waals surface area contributed by atoms with Gasteiger partial charge in [0.2, 0.25) is 0 Å². The lowest BCUT2D eigenvalue weighted by molar-refractivity contribution is -0.123. The number of rotatable bonds is 6. The third kappa shape index (κ3) is 5.29. The summed E-state index contributed by atoms with van der Waals surface area (Å²) in [4.78, 5) is 11.8. The molecule has 0 bridgehead atoms. The number of hydrazone groups is 1. The van der Waals surface area contributed by atoms with Gasteiger partial charge < -0.3 is 9.15 Å². The Kier molecular flexibility index (Phi) is 6.62. The number of amides is 1. The number of ether oxygens (including phenoxy) is 1. The van der Waals surface area contributed by atoms with Crippen LogP contribution in [0.1, 0.15) is 11.3 Å². The number of hydrogen-bond acceptors (Lipinski definition) is 4. The third-order valence-electron chi connectivity index (χ3n) is 3.71. The summed E-state index contributed by atoms with van der Waals surface area (Å²) >= 11 is 17.8. The van der Waals surface area contributed by atoms with Crippen molar-refractivity contribution in [2.45, 2.75) is 6.92 Å². The zero-order valence-corrected chi connectivity index (χ0v) is 17.0. The molecule has 0 fully saturated rings. The highest BCUT2D eigenvalue weighted by atomic mass is 35.5.